The highest BCUT2D eigenvalue weighted by molar-refractivity contribution is 6.30. The maximum Gasteiger partial charge on any atom is 0.271 e. The molecule has 29 heavy (non-hydrogen) atoms. The number of nitrogens with zero attached hydrogens (tertiary/aromatic N) is 1. The molecule has 0 saturated carbocycles. The van der Waals surface area contributed by atoms with E-state index < -0.39 is 0 Å². The molecular weight excluding hydrogens is 380 g/mol. The average Bonchev–Trinajstić information content (AvgIpc) is 2.77. The van der Waals surface area contributed by atoms with Crippen LogP contribution in [0, 0.1) is 5.92 Å². The molecule has 0 unspecified atom stereocenters. The molecule has 1 atom stereocenters. The smallest absolute Gasteiger partial charge is 0.267 e. The molecule has 0 heterocycles. The summed E-state index contributed by atoms with van der Waals surface area (Å²) < 4.78 is 0. The predicted octanol–water partition coefficient (Wildman–Crippen LogP) is 5.74. The van der Waals surface area contributed by atoms with Crippen LogP contribution in [0.15, 0.2) is 77.9 Å². The molecule has 3 aliphatic carbocycles. The predicted molar refractivity (Wildman–Crippen MR) is 117 cm³/mol. The second kappa shape index (κ2) is 7.16. The summed E-state index contributed by atoms with van der Waals surface area (Å²) >= 11 is 6.00. The van der Waals surface area contributed by atoms with Crippen LogP contribution in [0.3, 0.4) is 0 Å². The molecule has 3 aromatic rings. The van der Waals surface area contributed by atoms with E-state index in [4.69, 9.17) is 11.6 Å². The Kier molecular flexibility index (Phi) is 4.48. The first-order valence-corrected chi connectivity index (χ1v) is 10.3. The summed E-state index contributed by atoms with van der Waals surface area (Å²) in [6, 6.07) is 24.4. The van der Waals surface area contributed by atoms with Crippen LogP contribution in [0.25, 0.3) is 0 Å². The summed E-state index contributed by atoms with van der Waals surface area (Å²) in [6.45, 7) is 2.02. The van der Waals surface area contributed by atoms with Crippen molar-refractivity contribution in [1.82, 2.24) is 5.43 Å². The van der Waals surface area contributed by atoms with Crippen LogP contribution < -0.4 is 5.43 Å². The third-order valence-electron chi connectivity index (χ3n) is 6.26. The zero-order valence-electron chi connectivity index (χ0n) is 16.1. The van der Waals surface area contributed by atoms with Crippen molar-refractivity contribution in [2.24, 2.45) is 11.0 Å². The van der Waals surface area contributed by atoms with Gasteiger partial charge in [0.15, 0.2) is 0 Å². The minimum absolute atomic E-state index is 0.242. The van der Waals surface area contributed by atoms with Crippen molar-refractivity contribution in [2.75, 3.05) is 0 Å². The molecule has 1 amide bonds. The van der Waals surface area contributed by atoms with Crippen molar-refractivity contribution >= 4 is 23.2 Å². The van der Waals surface area contributed by atoms with Gasteiger partial charge in [-0.3, -0.25) is 4.79 Å². The van der Waals surface area contributed by atoms with Crippen LogP contribution in [0.2, 0.25) is 5.02 Å². The second-order valence-electron chi connectivity index (χ2n) is 7.83. The van der Waals surface area contributed by atoms with Crippen molar-refractivity contribution in [3.05, 3.63) is 106 Å². The Labute approximate surface area is 175 Å². The quantitative estimate of drug-likeness (QED) is 0.441. The zero-order chi connectivity index (χ0) is 20.0. The Morgan fingerprint density at radius 2 is 1.55 bits per heavy atom. The molecule has 6 rings (SSSR count). The van der Waals surface area contributed by atoms with Crippen molar-refractivity contribution < 1.29 is 4.79 Å². The minimum atomic E-state index is -0.242. The Morgan fingerprint density at radius 1 is 0.931 bits per heavy atom. The van der Waals surface area contributed by atoms with Crippen LogP contribution in [0.1, 0.15) is 57.8 Å². The number of nitrogens with one attached hydrogen (secondary N) is 1. The molecule has 0 saturated heterocycles. The van der Waals surface area contributed by atoms with Gasteiger partial charge in [-0.05, 0) is 53.8 Å². The van der Waals surface area contributed by atoms with Crippen molar-refractivity contribution in [3.8, 4) is 0 Å². The van der Waals surface area contributed by atoms with Crippen molar-refractivity contribution in [2.45, 2.75) is 25.2 Å². The van der Waals surface area contributed by atoms with Gasteiger partial charge in [0.05, 0.1) is 0 Å². The molecule has 2 bridgehead atoms. The van der Waals surface area contributed by atoms with Gasteiger partial charge >= 0.3 is 0 Å². The van der Waals surface area contributed by atoms with E-state index in [9.17, 15) is 4.79 Å². The number of hydrazone groups is 1. The number of halogens is 1. The Bertz CT molecular complexity index is 1090. The van der Waals surface area contributed by atoms with E-state index in [1.54, 1.807) is 24.3 Å². The highest BCUT2D eigenvalue weighted by Gasteiger charge is 2.44. The first-order valence-electron chi connectivity index (χ1n) is 9.91. The molecule has 0 spiro atoms. The van der Waals surface area contributed by atoms with Gasteiger partial charge in [-0.15, -0.1) is 0 Å². The monoisotopic (exact) mass is 400 g/mol. The summed E-state index contributed by atoms with van der Waals surface area (Å²) in [5, 5.41) is 5.03. The molecule has 0 radical (unpaired) electrons. The molecular formula is C25H21ClN2O. The van der Waals surface area contributed by atoms with Crippen LogP contribution in [-0.4, -0.2) is 11.6 Å². The zero-order valence-corrected chi connectivity index (χ0v) is 16.9. The summed E-state index contributed by atoms with van der Waals surface area (Å²) in [5.41, 5.74) is 9.84. The fourth-order valence-corrected chi connectivity index (χ4v) is 5.15. The van der Waals surface area contributed by atoms with Crippen LogP contribution in [0.5, 0.6) is 0 Å². The Morgan fingerprint density at radius 3 is 2.17 bits per heavy atom. The normalized spacial score (nSPS) is 22.0. The summed E-state index contributed by atoms with van der Waals surface area (Å²) in [4.78, 5) is 12.5. The standard InChI is InChI=1S/C25H21ClN2O/c1-15(27-28-25(29)16-7-6-8-17(26)13-16)22-14-23-18-9-2-4-11-20(18)24(22)21-12-5-3-10-19(21)23/h2-13,22-24H,14H2,1H3,(H,28,29)/t22-,23?,24?/m1/s1. The SMILES string of the molecule is CC(=NNC(=O)c1cccc(Cl)c1)[C@H]1CC2c3ccccc3C1c1ccccc12. The second-order valence-corrected chi connectivity index (χ2v) is 8.27. The van der Waals surface area contributed by atoms with E-state index in [2.05, 4.69) is 59.1 Å². The summed E-state index contributed by atoms with van der Waals surface area (Å²) in [6.07, 6.45) is 1.01. The first-order chi connectivity index (χ1) is 14.1. The molecule has 144 valence electrons. The van der Waals surface area contributed by atoms with Crippen molar-refractivity contribution in [1.29, 1.82) is 0 Å². The Balaban J connectivity index is 1.46. The van der Waals surface area contributed by atoms with Crippen LogP contribution >= 0.6 is 11.6 Å². The molecule has 1 N–H and O–H groups in total. The minimum Gasteiger partial charge on any atom is -0.267 e. The number of amides is 1. The highest BCUT2D eigenvalue weighted by atomic mass is 35.5. The molecule has 0 aromatic heterocycles. The van der Waals surface area contributed by atoms with Gasteiger partial charge in [-0.1, -0.05) is 66.2 Å². The number of fused-ring (bicyclic) bond motifs is 1. The number of benzene rings is 3. The molecule has 0 fully saturated rings. The third kappa shape index (κ3) is 3.06. The highest BCUT2D eigenvalue weighted by Crippen LogP contribution is 2.55. The molecule has 3 aromatic carbocycles. The maximum absolute atomic E-state index is 12.5. The molecule has 4 heteroatoms. The number of carbonyl (C=O) groups is 1. The van der Waals surface area contributed by atoms with E-state index in [0.29, 0.717) is 16.5 Å². The van der Waals surface area contributed by atoms with E-state index in [1.807, 2.05) is 6.92 Å². The van der Waals surface area contributed by atoms with E-state index >= 15 is 0 Å². The van der Waals surface area contributed by atoms with Gasteiger partial charge in [0.1, 0.15) is 0 Å². The molecule has 0 aliphatic heterocycles. The summed E-state index contributed by atoms with van der Waals surface area (Å²) in [7, 11) is 0. The van der Waals surface area contributed by atoms with Gasteiger partial charge in [0.2, 0.25) is 0 Å². The fraction of sp³-hybridized carbons (Fsp3) is 0.200. The lowest BCUT2D eigenvalue weighted by atomic mass is 9.58. The lowest BCUT2D eigenvalue weighted by Crippen LogP contribution is -2.36. The first kappa shape index (κ1) is 18.1. The lowest BCUT2D eigenvalue weighted by molar-refractivity contribution is 0.0954. The lowest BCUT2D eigenvalue weighted by Gasteiger charge is -2.45. The maximum atomic E-state index is 12.5. The number of hydrogen-bond donors (Lipinski definition) is 1. The molecule has 3 aliphatic rings. The average molecular weight is 401 g/mol. The van der Waals surface area contributed by atoms with E-state index in [1.165, 1.54) is 22.3 Å². The van der Waals surface area contributed by atoms with Gasteiger partial charge < -0.3 is 0 Å². The number of carbonyl (C=O) groups excluding carboxylic acids is 1. The van der Waals surface area contributed by atoms with Gasteiger partial charge in [-0.2, -0.15) is 5.10 Å². The molecule has 3 nitrogen and oxygen atoms in total. The largest absolute Gasteiger partial charge is 0.271 e. The van der Waals surface area contributed by atoms with E-state index in [0.717, 1.165) is 12.1 Å². The Hall–Kier alpha value is -2.91. The topological polar surface area (TPSA) is 41.5 Å². The van der Waals surface area contributed by atoms with E-state index in [-0.39, 0.29) is 17.7 Å². The number of hydrogen-bond acceptors (Lipinski definition) is 2. The number of rotatable bonds is 3. The van der Waals surface area contributed by atoms with Gasteiger partial charge in [-0.25, -0.2) is 5.43 Å². The third-order valence-corrected chi connectivity index (χ3v) is 6.50. The van der Waals surface area contributed by atoms with Gasteiger partial charge in [0, 0.05) is 34.1 Å². The van der Waals surface area contributed by atoms with Crippen LogP contribution in [-0.2, 0) is 0 Å². The van der Waals surface area contributed by atoms with Crippen molar-refractivity contribution in [3.63, 3.8) is 0 Å². The van der Waals surface area contributed by atoms with Crippen LogP contribution in [0.4, 0.5) is 0 Å². The summed E-state index contributed by atoms with van der Waals surface area (Å²) in [5.74, 6) is 0.684. The fourth-order valence-electron chi connectivity index (χ4n) is 4.96. The van der Waals surface area contributed by atoms with Gasteiger partial charge in [0.25, 0.3) is 5.91 Å².